The maximum absolute atomic E-state index is 4.86. The molecular weight excluding hydrogens is 306 g/mol. The number of aromatic nitrogens is 3. The number of hydrogen-bond donors (Lipinski definition) is 1. The standard InChI is InChI=1S/C22H17N3/c1-25-19-14-8-5-11-16(19)20(21(25)15-9-3-2-4-10-15)22-23-17-12-6-7-13-18(17)24-22/h2-14H,1H3,(H,23,24). The van der Waals surface area contributed by atoms with Crippen LogP contribution in [-0.4, -0.2) is 14.5 Å². The Hall–Kier alpha value is -3.33. The lowest BCUT2D eigenvalue weighted by Crippen LogP contribution is -1.93. The molecule has 0 atom stereocenters. The highest BCUT2D eigenvalue weighted by Gasteiger charge is 2.20. The molecular formula is C22H17N3. The average molecular weight is 323 g/mol. The number of para-hydroxylation sites is 3. The van der Waals surface area contributed by atoms with Crippen molar-refractivity contribution < 1.29 is 0 Å². The van der Waals surface area contributed by atoms with E-state index in [1.807, 2.05) is 24.3 Å². The minimum atomic E-state index is 0.914. The van der Waals surface area contributed by atoms with Crippen molar-refractivity contribution in [2.75, 3.05) is 0 Å². The number of nitrogens with zero attached hydrogens (tertiary/aromatic N) is 2. The number of aromatic amines is 1. The summed E-state index contributed by atoms with van der Waals surface area (Å²) in [6, 6.07) is 27.2. The molecule has 0 saturated carbocycles. The first-order valence-electron chi connectivity index (χ1n) is 8.41. The maximum atomic E-state index is 4.86. The zero-order valence-electron chi connectivity index (χ0n) is 13.9. The Kier molecular flexibility index (Phi) is 3.01. The molecule has 0 spiro atoms. The fourth-order valence-electron chi connectivity index (χ4n) is 3.64. The summed E-state index contributed by atoms with van der Waals surface area (Å²) in [4.78, 5) is 8.37. The number of hydrogen-bond acceptors (Lipinski definition) is 1. The lowest BCUT2D eigenvalue weighted by atomic mass is 10.0. The molecule has 0 bridgehead atoms. The Bertz CT molecular complexity index is 1160. The third-order valence-electron chi connectivity index (χ3n) is 4.78. The van der Waals surface area contributed by atoms with Crippen molar-refractivity contribution >= 4 is 21.9 Å². The van der Waals surface area contributed by atoms with E-state index in [4.69, 9.17) is 4.98 Å². The SMILES string of the molecule is Cn1c(-c2ccccc2)c(-c2nc3ccccc3[nH]2)c2ccccc21. The predicted molar refractivity (Wildman–Crippen MR) is 103 cm³/mol. The van der Waals surface area contributed by atoms with Gasteiger partial charge in [0.15, 0.2) is 0 Å². The molecule has 25 heavy (non-hydrogen) atoms. The van der Waals surface area contributed by atoms with E-state index in [1.165, 1.54) is 22.2 Å². The molecule has 5 aromatic rings. The molecule has 0 aliphatic rings. The quantitative estimate of drug-likeness (QED) is 0.464. The van der Waals surface area contributed by atoms with E-state index in [-0.39, 0.29) is 0 Å². The largest absolute Gasteiger partial charge is 0.343 e. The third kappa shape index (κ3) is 2.09. The van der Waals surface area contributed by atoms with Gasteiger partial charge in [0.25, 0.3) is 0 Å². The molecule has 3 heteroatoms. The number of fused-ring (bicyclic) bond motifs is 2. The van der Waals surface area contributed by atoms with Gasteiger partial charge in [0.1, 0.15) is 5.82 Å². The van der Waals surface area contributed by atoms with Crippen LogP contribution in [0.1, 0.15) is 0 Å². The summed E-state index contributed by atoms with van der Waals surface area (Å²) < 4.78 is 2.26. The highest BCUT2D eigenvalue weighted by molar-refractivity contribution is 6.04. The van der Waals surface area contributed by atoms with E-state index in [0.717, 1.165) is 22.4 Å². The van der Waals surface area contributed by atoms with E-state index in [2.05, 4.69) is 71.2 Å². The fourth-order valence-corrected chi connectivity index (χ4v) is 3.64. The number of imidazole rings is 1. The van der Waals surface area contributed by atoms with Crippen LogP contribution in [0.3, 0.4) is 0 Å². The van der Waals surface area contributed by atoms with Crippen molar-refractivity contribution in [3.63, 3.8) is 0 Å². The molecule has 0 saturated heterocycles. The zero-order chi connectivity index (χ0) is 16.8. The van der Waals surface area contributed by atoms with Crippen molar-refractivity contribution in [1.82, 2.24) is 14.5 Å². The molecule has 2 aromatic heterocycles. The lowest BCUT2D eigenvalue weighted by molar-refractivity contribution is 0.978. The maximum Gasteiger partial charge on any atom is 0.141 e. The highest BCUT2D eigenvalue weighted by Crippen LogP contribution is 2.39. The summed E-state index contributed by atoms with van der Waals surface area (Å²) in [6.07, 6.45) is 0. The van der Waals surface area contributed by atoms with Crippen LogP contribution in [0.2, 0.25) is 0 Å². The molecule has 2 heterocycles. The second-order valence-corrected chi connectivity index (χ2v) is 6.27. The van der Waals surface area contributed by atoms with Crippen molar-refractivity contribution in [2.45, 2.75) is 0 Å². The molecule has 0 aliphatic carbocycles. The molecule has 0 amide bonds. The van der Waals surface area contributed by atoms with Gasteiger partial charge >= 0.3 is 0 Å². The molecule has 120 valence electrons. The summed E-state index contributed by atoms with van der Waals surface area (Å²) in [7, 11) is 2.12. The van der Waals surface area contributed by atoms with Crippen LogP contribution in [-0.2, 0) is 7.05 Å². The van der Waals surface area contributed by atoms with Crippen LogP contribution in [0.25, 0.3) is 44.6 Å². The van der Waals surface area contributed by atoms with Gasteiger partial charge in [0.05, 0.1) is 22.3 Å². The van der Waals surface area contributed by atoms with Gasteiger partial charge in [0, 0.05) is 18.0 Å². The zero-order valence-corrected chi connectivity index (χ0v) is 13.9. The molecule has 0 unspecified atom stereocenters. The Labute approximate surface area is 145 Å². The first-order valence-corrected chi connectivity index (χ1v) is 8.41. The van der Waals surface area contributed by atoms with Gasteiger partial charge in [-0.1, -0.05) is 60.7 Å². The van der Waals surface area contributed by atoms with E-state index in [0.29, 0.717) is 0 Å². The average Bonchev–Trinajstić information content (AvgIpc) is 3.21. The van der Waals surface area contributed by atoms with Gasteiger partial charge < -0.3 is 9.55 Å². The Morgan fingerprint density at radius 3 is 2.36 bits per heavy atom. The van der Waals surface area contributed by atoms with Crippen LogP contribution < -0.4 is 0 Å². The highest BCUT2D eigenvalue weighted by atomic mass is 15.0. The molecule has 0 aliphatic heterocycles. The number of nitrogens with one attached hydrogen (secondary N) is 1. The minimum absolute atomic E-state index is 0.914. The number of rotatable bonds is 2. The summed E-state index contributed by atoms with van der Waals surface area (Å²) in [5.74, 6) is 0.914. The summed E-state index contributed by atoms with van der Waals surface area (Å²) in [6.45, 7) is 0. The van der Waals surface area contributed by atoms with Crippen molar-refractivity contribution in [3.8, 4) is 22.6 Å². The van der Waals surface area contributed by atoms with E-state index < -0.39 is 0 Å². The number of benzene rings is 3. The number of H-pyrrole nitrogens is 1. The van der Waals surface area contributed by atoms with Crippen LogP contribution >= 0.6 is 0 Å². The van der Waals surface area contributed by atoms with Crippen LogP contribution in [0.5, 0.6) is 0 Å². The second-order valence-electron chi connectivity index (χ2n) is 6.27. The molecule has 0 fully saturated rings. The lowest BCUT2D eigenvalue weighted by Gasteiger charge is -2.07. The van der Waals surface area contributed by atoms with Gasteiger partial charge in [-0.2, -0.15) is 0 Å². The van der Waals surface area contributed by atoms with Crippen molar-refractivity contribution in [2.24, 2.45) is 7.05 Å². The van der Waals surface area contributed by atoms with Gasteiger partial charge in [-0.25, -0.2) is 4.98 Å². The van der Waals surface area contributed by atoms with Crippen LogP contribution in [0.15, 0.2) is 78.9 Å². The van der Waals surface area contributed by atoms with Crippen molar-refractivity contribution in [1.29, 1.82) is 0 Å². The number of aryl methyl sites for hydroxylation is 1. The van der Waals surface area contributed by atoms with E-state index in [9.17, 15) is 0 Å². The van der Waals surface area contributed by atoms with Gasteiger partial charge in [0.2, 0.25) is 0 Å². The minimum Gasteiger partial charge on any atom is -0.343 e. The molecule has 3 aromatic carbocycles. The van der Waals surface area contributed by atoms with Crippen LogP contribution in [0, 0.1) is 0 Å². The fraction of sp³-hybridized carbons (Fsp3) is 0.0455. The summed E-state index contributed by atoms with van der Waals surface area (Å²) >= 11 is 0. The summed E-state index contributed by atoms with van der Waals surface area (Å²) in [5.41, 5.74) is 6.78. The van der Waals surface area contributed by atoms with E-state index in [1.54, 1.807) is 0 Å². The first kappa shape index (κ1) is 14.1. The monoisotopic (exact) mass is 323 g/mol. The summed E-state index contributed by atoms with van der Waals surface area (Å²) in [5, 5.41) is 1.21. The molecule has 0 radical (unpaired) electrons. The molecule has 1 N–H and O–H groups in total. The van der Waals surface area contributed by atoms with Gasteiger partial charge in [-0.05, 0) is 23.8 Å². The van der Waals surface area contributed by atoms with Gasteiger partial charge in [-0.3, -0.25) is 0 Å². The Morgan fingerprint density at radius 1 is 0.800 bits per heavy atom. The molecule has 3 nitrogen and oxygen atoms in total. The third-order valence-corrected chi connectivity index (χ3v) is 4.78. The Balaban J connectivity index is 1.90. The van der Waals surface area contributed by atoms with Crippen molar-refractivity contribution in [3.05, 3.63) is 78.9 Å². The Morgan fingerprint density at radius 2 is 1.52 bits per heavy atom. The topological polar surface area (TPSA) is 33.6 Å². The smallest absolute Gasteiger partial charge is 0.141 e. The van der Waals surface area contributed by atoms with E-state index >= 15 is 0 Å². The molecule has 5 rings (SSSR count). The van der Waals surface area contributed by atoms with Gasteiger partial charge in [-0.15, -0.1) is 0 Å². The first-order chi connectivity index (χ1) is 12.3. The second kappa shape index (κ2) is 5.35. The predicted octanol–water partition coefficient (Wildman–Crippen LogP) is 5.39. The normalized spacial score (nSPS) is 11.4. The van der Waals surface area contributed by atoms with Crippen LogP contribution in [0.4, 0.5) is 0 Å².